The molecule has 4 aliphatic rings. The Balaban J connectivity index is 1.71. The zero-order valence-electron chi connectivity index (χ0n) is 17.1. The lowest BCUT2D eigenvalue weighted by Gasteiger charge is -2.59. The van der Waals surface area contributed by atoms with Crippen molar-refractivity contribution in [1.82, 2.24) is 4.90 Å². The fourth-order valence-electron chi connectivity index (χ4n) is 6.47. The van der Waals surface area contributed by atoms with Crippen molar-refractivity contribution in [2.45, 2.75) is 63.3 Å². The van der Waals surface area contributed by atoms with Gasteiger partial charge in [-0.05, 0) is 74.6 Å². The number of carbonyl (C=O) groups is 1. The van der Waals surface area contributed by atoms with Crippen LogP contribution in [0.4, 0.5) is 0 Å². The van der Waals surface area contributed by atoms with Crippen LogP contribution in [0.15, 0.2) is 12.6 Å². The van der Waals surface area contributed by atoms with E-state index in [1.54, 1.807) is 7.11 Å². The SMILES string of the molecule is C=C(C)c1cc(OC)c(O)c2c1C[C@H]1[C@H]3CCC(=O)C[C@@]23CCN1CC1CC1. The number of phenolic OH excluding ortho intramolecular Hbond substituents is 1. The summed E-state index contributed by atoms with van der Waals surface area (Å²) < 4.78 is 5.54. The predicted octanol–water partition coefficient (Wildman–Crippen LogP) is 4.08. The van der Waals surface area contributed by atoms with E-state index in [0.29, 0.717) is 36.3 Å². The number of hydrogen-bond donors (Lipinski definition) is 1. The molecule has 0 radical (unpaired) electrons. The molecule has 2 bridgehead atoms. The Hall–Kier alpha value is -1.81. The molecule has 0 aromatic heterocycles. The topological polar surface area (TPSA) is 49.8 Å². The van der Waals surface area contributed by atoms with Crippen LogP contribution in [0.2, 0.25) is 0 Å². The maximum absolute atomic E-state index is 12.6. The molecule has 5 rings (SSSR count). The Kier molecular flexibility index (Phi) is 4.13. The second-order valence-electron chi connectivity index (χ2n) is 9.59. The van der Waals surface area contributed by atoms with Crippen molar-refractivity contribution in [3.8, 4) is 11.5 Å². The highest BCUT2D eigenvalue weighted by Gasteiger charge is 2.57. The Morgan fingerprint density at radius 1 is 1.39 bits per heavy atom. The Labute approximate surface area is 167 Å². The Morgan fingerprint density at radius 2 is 2.18 bits per heavy atom. The van der Waals surface area contributed by atoms with Gasteiger partial charge in [0, 0.05) is 36.4 Å². The molecule has 0 amide bonds. The molecule has 4 heteroatoms. The van der Waals surface area contributed by atoms with Gasteiger partial charge >= 0.3 is 0 Å². The number of rotatable bonds is 4. The van der Waals surface area contributed by atoms with Crippen molar-refractivity contribution in [3.05, 3.63) is 29.3 Å². The van der Waals surface area contributed by atoms with Crippen LogP contribution in [-0.2, 0) is 16.6 Å². The van der Waals surface area contributed by atoms with E-state index in [1.807, 2.05) is 13.0 Å². The number of benzene rings is 1. The number of allylic oxidation sites excluding steroid dienone is 1. The average molecular weight is 382 g/mol. The molecule has 4 nitrogen and oxygen atoms in total. The lowest BCUT2D eigenvalue weighted by atomic mass is 9.51. The molecule has 28 heavy (non-hydrogen) atoms. The lowest BCUT2D eigenvalue weighted by molar-refractivity contribution is -0.127. The minimum atomic E-state index is -0.240. The smallest absolute Gasteiger partial charge is 0.161 e. The maximum Gasteiger partial charge on any atom is 0.161 e. The maximum atomic E-state index is 12.6. The number of Topliss-reactive ketones (excluding diaryl/α,β-unsaturated/α-hetero) is 1. The zero-order chi connectivity index (χ0) is 19.6. The van der Waals surface area contributed by atoms with Crippen LogP contribution >= 0.6 is 0 Å². The third kappa shape index (κ3) is 2.57. The Morgan fingerprint density at radius 3 is 2.86 bits per heavy atom. The standard InChI is InChI=1S/C24H31NO3/c1-14(2)17-11-21(28-3)23(27)22-18(17)10-20-19-7-6-16(26)12-24(19,22)8-9-25(20)13-15-4-5-15/h11,15,19-20,27H,1,4-10,12-13H2,2-3H3/t19-,20+,24-/m1/s1. The predicted molar refractivity (Wildman–Crippen MR) is 110 cm³/mol. The summed E-state index contributed by atoms with van der Waals surface area (Å²) in [5, 5.41) is 11.2. The van der Waals surface area contributed by atoms with Crippen molar-refractivity contribution < 1.29 is 14.6 Å². The molecule has 1 saturated heterocycles. The lowest BCUT2D eigenvalue weighted by Crippen LogP contribution is -2.62. The molecule has 3 fully saturated rings. The highest BCUT2D eigenvalue weighted by molar-refractivity contribution is 5.83. The summed E-state index contributed by atoms with van der Waals surface area (Å²) in [5.74, 6) is 2.43. The molecule has 0 unspecified atom stereocenters. The minimum Gasteiger partial charge on any atom is -0.504 e. The Bertz CT molecular complexity index is 856. The van der Waals surface area contributed by atoms with E-state index in [4.69, 9.17) is 4.74 Å². The zero-order valence-corrected chi connectivity index (χ0v) is 17.1. The number of piperidine rings is 1. The first-order valence-electron chi connectivity index (χ1n) is 10.8. The van der Waals surface area contributed by atoms with E-state index in [1.165, 1.54) is 24.9 Å². The molecule has 150 valence electrons. The van der Waals surface area contributed by atoms with Gasteiger partial charge < -0.3 is 9.84 Å². The fraction of sp³-hybridized carbons (Fsp3) is 0.625. The summed E-state index contributed by atoms with van der Waals surface area (Å²) in [6.07, 6.45) is 6.83. The van der Waals surface area contributed by atoms with Gasteiger partial charge in [-0.15, -0.1) is 0 Å². The van der Waals surface area contributed by atoms with Crippen molar-refractivity contribution in [1.29, 1.82) is 0 Å². The van der Waals surface area contributed by atoms with Crippen LogP contribution in [0, 0.1) is 11.8 Å². The van der Waals surface area contributed by atoms with Gasteiger partial charge in [0.2, 0.25) is 0 Å². The first kappa shape index (κ1) is 18.2. The van der Waals surface area contributed by atoms with Crippen LogP contribution < -0.4 is 4.74 Å². The minimum absolute atomic E-state index is 0.240. The molecule has 1 aliphatic heterocycles. The highest BCUT2D eigenvalue weighted by Crippen LogP contribution is 2.59. The van der Waals surface area contributed by atoms with Gasteiger partial charge in [-0.25, -0.2) is 0 Å². The van der Waals surface area contributed by atoms with E-state index >= 15 is 0 Å². The van der Waals surface area contributed by atoms with E-state index in [0.717, 1.165) is 48.4 Å². The molecule has 1 N–H and O–H groups in total. The van der Waals surface area contributed by atoms with Crippen LogP contribution in [0.5, 0.6) is 11.5 Å². The van der Waals surface area contributed by atoms with Crippen molar-refractivity contribution in [2.75, 3.05) is 20.2 Å². The molecule has 3 aliphatic carbocycles. The van der Waals surface area contributed by atoms with Crippen molar-refractivity contribution in [2.24, 2.45) is 11.8 Å². The van der Waals surface area contributed by atoms with E-state index in [2.05, 4.69) is 11.5 Å². The number of methoxy groups -OCH3 is 1. The quantitative estimate of drug-likeness (QED) is 0.854. The number of phenols is 1. The van der Waals surface area contributed by atoms with Gasteiger partial charge in [0.15, 0.2) is 11.5 Å². The summed E-state index contributed by atoms with van der Waals surface area (Å²) in [6.45, 7) is 8.47. The average Bonchev–Trinajstić information content (AvgIpc) is 3.47. The second kappa shape index (κ2) is 6.35. The number of ether oxygens (including phenoxy) is 1. The van der Waals surface area contributed by atoms with Crippen molar-refractivity contribution in [3.63, 3.8) is 0 Å². The number of hydrogen-bond acceptors (Lipinski definition) is 4. The normalized spacial score (nSPS) is 31.9. The van der Waals surface area contributed by atoms with Crippen LogP contribution in [0.1, 0.15) is 62.1 Å². The first-order valence-corrected chi connectivity index (χ1v) is 10.8. The van der Waals surface area contributed by atoms with E-state index in [9.17, 15) is 9.90 Å². The van der Waals surface area contributed by atoms with Gasteiger partial charge in [-0.1, -0.05) is 12.2 Å². The van der Waals surface area contributed by atoms with Crippen molar-refractivity contribution >= 4 is 11.4 Å². The van der Waals surface area contributed by atoms with E-state index < -0.39 is 0 Å². The molecule has 0 spiro atoms. The largest absolute Gasteiger partial charge is 0.504 e. The van der Waals surface area contributed by atoms with Gasteiger partial charge in [0.1, 0.15) is 5.78 Å². The first-order chi connectivity index (χ1) is 13.4. The summed E-state index contributed by atoms with van der Waals surface area (Å²) in [4.78, 5) is 15.3. The molecule has 3 atom stereocenters. The van der Waals surface area contributed by atoms with Gasteiger partial charge in [0.25, 0.3) is 0 Å². The summed E-state index contributed by atoms with van der Waals surface area (Å²) in [6, 6.07) is 2.42. The number of aromatic hydroxyl groups is 1. The molecule has 1 heterocycles. The highest BCUT2D eigenvalue weighted by atomic mass is 16.5. The molecular weight excluding hydrogens is 350 g/mol. The molecule has 2 saturated carbocycles. The number of likely N-dealkylation sites (tertiary alicyclic amines) is 1. The second-order valence-corrected chi connectivity index (χ2v) is 9.59. The van der Waals surface area contributed by atoms with Crippen LogP contribution in [0.3, 0.4) is 0 Å². The fourth-order valence-corrected chi connectivity index (χ4v) is 6.47. The number of ketones is 1. The van der Waals surface area contributed by atoms with Crippen LogP contribution in [0.25, 0.3) is 5.57 Å². The summed E-state index contributed by atoms with van der Waals surface area (Å²) in [5.41, 5.74) is 4.07. The van der Waals surface area contributed by atoms with Gasteiger partial charge in [-0.2, -0.15) is 0 Å². The molecule has 1 aromatic carbocycles. The number of fused-ring (bicyclic) bond motifs is 1. The molecular formula is C24H31NO3. The van der Waals surface area contributed by atoms with Gasteiger partial charge in [0.05, 0.1) is 7.11 Å². The summed E-state index contributed by atoms with van der Waals surface area (Å²) >= 11 is 0. The molecule has 1 aromatic rings. The third-order valence-corrected chi connectivity index (χ3v) is 7.89. The van der Waals surface area contributed by atoms with Crippen LogP contribution in [-0.4, -0.2) is 42.0 Å². The van der Waals surface area contributed by atoms with Gasteiger partial charge in [-0.3, -0.25) is 9.69 Å². The third-order valence-electron chi connectivity index (χ3n) is 7.89. The number of nitrogens with zero attached hydrogens (tertiary/aromatic N) is 1. The number of carbonyl (C=O) groups excluding carboxylic acids is 1. The summed E-state index contributed by atoms with van der Waals surface area (Å²) in [7, 11) is 1.61. The van der Waals surface area contributed by atoms with E-state index in [-0.39, 0.29) is 11.2 Å². The monoisotopic (exact) mass is 381 g/mol.